The van der Waals surface area contributed by atoms with Crippen LogP contribution in [0.4, 0.5) is 5.69 Å². The first-order chi connectivity index (χ1) is 15.7. The molecule has 2 aromatic carbocycles. The molecule has 0 saturated carbocycles. The van der Waals surface area contributed by atoms with Gasteiger partial charge < -0.3 is 20.4 Å². The Morgan fingerprint density at radius 2 is 1.66 bits per heavy atom. The van der Waals surface area contributed by atoms with Crippen molar-refractivity contribution in [1.82, 2.24) is 15.5 Å². The molecule has 2 unspecified atom stereocenters. The number of nitrogens with zero attached hydrogens (tertiary/aromatic N) is 3. The second-order valence-corrected chi connectivity index (χ2v) is 8.92. The summed E-state index contributed by atoms with van der Waals surface area (Å²) in [7, 11) is 1.81. The van der Waals surface area contributed by atoms with E-state index in [0.29, 0.717) is 18.3 Å². The van der Waals surface area contributed by atoms with Gasteiger partial charge in [0, 0.05) is 64.3 Å². The standard InChI is InChI=1S/C26H35N5O/c1-27-26(28-17-22-13-14-30(19-22)24-10-6-3-7-11-24)29-18-23-16-25(32)31(20-23)15-12-21-8-4-2-5-9-21/h2-11,22-23H,12-20H2,1H3,(H2,27,28,29). The number of carbonyl (C=O) groups excluding carboxylic acids is 1. The van der Waals surface area contributed by atoms with Crippen LogP contribution < -0.4 is 15.5 Å². The zero-order valence-electron chi connectivity index (χ0n) is 19.0. The molecule has 2 fully saturated rings. The SMILES string of the molecule is CN=C(NCC1CC(=O)N(CCc2ccccc2)C1)NCC1CCN(c2ccccc2)C1. The van der Waals surface area contributed by atoms with Crippen LogP contribution in [0.15, 0.2) is 65.7 Å². The van der Waals surface area contributed by atoms with Gasteiger partial charge in [-0.2, -0.15) is 0 Å². The minimum atomic E-state index is 0.266. The summed E-state index contributed by atoms with van der Waals surface area (Å²) in [5.41, 5.74) is 2.59. The molecule has 170 valence electrons. The highest BCUT2D eigenvalue weighted by molar-refractivity contribution is 5.80. The molecule has 0 spiro atoms. The lowest BCUT2D eigenvalue weighted by Gasteiger charge is -2.20. The molecular formula is C26H35N5O. The fourth-order valence-electron chi connectivity index (χ4n) is 4.69. The number of amides is 1. The number of anilines is 1. The highest BCUT2D eigenvalue weighted by atomic mass is 16.2. The minimum absolute atomic E-state index is 0.266. The number of hydrogen-bond donors (Lipinski definition) is 2. The van der Waals surface area contributed by atoms with Gasteiger partial charge in [-0.25, -0.2) is 0 Å². The van der Waals surface area contributed by atoms with Gasteiger partial charge in [0.25, 0.3) is 0 Å². The summed E-state index contributed by atoms with van der Waals surface area (Å²) in [5.74, 6) is 2.04. The van der Waals surface area contributed by atoms with Gasteiger partial charge in [0.15, 0.2) is 5.96 Å². The molecule has 0 aromatic heterocycles. The average Bonchev–Trinajstić information content (AvgIpc) is 3.45. The third-order valence-electron chi connectivity index (χ3n) is 6.55. The molecule has 2 saturated heterocycles. The first-order valence-corrected chi connectivity index (χ1v) is 11.8. The van der Waals surface area contributed by atoms with E-state index in [1.165, 1.54) is 17.7 Å². The predicted octanol–water partition coefficient (Wildman–Crippen LogP) is 2.77. The van der Waals surface area contributed by atoms with Gasteiger partial charge in [-0.05, 0) is 36.5 Å². The number of aliphatic imine (C=N–C) groups is 1. The summed E-state index contributed by atoms with van der Waals surface area (Å²) >= 11 is 0. The lowest BCUT2D eigenvalue weighted by molar-refractivity contribution is -0.127. The predicted molar refractivity (Wildman–Crippen MR) is 131 cm³/mol. The second kappa shape index (κ2) is 11.0. The van der Waals surface area contributed by atoms with E-state index in [4.69, 9.17) is 0 Å². The van der Waals surface area contributed by atoms with E-state index in [1.807, 2.05) is 18.0 Å². The van der Waals surface area contributed by atoms with Crippen molar-refractivity contribution in [2.24, 2.45) is 16.8 Å². The number of benzene rings is 2. The molecule has 1 amide bonds. The van der Waals surface area contributed by atoms with Crippen LogP contribution in [0.2, 0.25) is 0 Å². The molecule has 0 radical (unpaired) electrons. The normalized spacial score (nSPS) is 21.3. The maximum Gasteiger partial charge on any atom is 0.223 e. The molecule has 32 heavy (non-hydrogen) atoms. The maximum absolute atomic E-state index is 12.4. The van der Waals surface area contributed by atoms with Crippen molar-refractivity contribution in [2.75, 3.05) is 51.2 Å². The van der Waals surface area contributed by atoms with Gasteiger partial charge in [0.05, 0.1) is 0 Å². The number of para-hydroxylation sites is 1. The first kappa shape index (κ1) is 22.2. The van der Waals surface area contributed by atoms with E-state index in [9.17, 15) is 4.79 Å². The first-order valence-electron chi connectivity index (χ1n) is 11.8. The van der Waals surface area contributed by atoms with Gasteiger partial charge in [-0.15, -0.1) is 0 Å². The molecule has 2 aromatic rings. The van der Waals surface area contributed by atoms with Crippen LogP contribution in [-0.2, 0) is 11.2 Å². The zero-order chi connectivity index (χ0) is 22.2. The largest absolute Gasteiger partial charge is 0.371 e. The van der Waals surface area contributed by atoms with Crippen LogP contribution in [0.1, 0.15) is 18.4 Å². The Balaban J connectivity index is 1.16. The highest BCUT2D eigenvalue weighted by Gasteiger charge is 2.29. The Hall–Kier alpha value is -3.02. The van der Waals surface area contributed by atoms with Crippen molar-refractivity contribution < 1.29 is 4.79 Å². The van der Waals surface area contributed by atoms with E-state index in [0.717, 1.165) is 51.6 Å². The summed E-state index contributed by atoms with van der Waals surface area (Å²) in [6.07, 6.45) is 2.72. The Labute approximate surface area is 191 Å². The molecule has 2 aliphatic rings. The summed E-state index contributed by atoms with van der Waals surface area (Å²) in [6, 6.07) is 21.0. The average molecular weight is 434 g/mol. The van der Waals surface area contributed by atoms with Crippen LogP contribution in [0.3, 0.4) is 0 Å². The Morgan fingerprint density at radius 1 is 0.969 bits per heavy atom. The van der Waals surface area contributed by atoms with Crippen molar-refractivity contribution in [2.45, 2.75) is 19.3 Å². The third kappa shape index (κ3) is 6.02. The number of carbonyl (C=O) groups is 1. The van der Waals surface area contributed by atoms with Crippen LogP contribution >= 0.6 is 0 Å². The fraction of sp³-hybridized carbons (Fsp3) is 0.462. The Kier molecular flexibility index (Phi) is 7.64. The molecular weight excluding hydrogens is 398 g/mol. The fourth-order valence-corrected chi connectivity index (χ4v) is 4.69. The van der Waals surface area contributed by atoms with E-state index in [1.54, 1.807) is 0 Å². The second-order valence-electron chi connectivity index (χ2n) is 8.92. The van der Waals surface area contributed by atoms with E-state index in [-0.39, 0.29) is 5.91 Å². The topological polar surface area (TPSA) is 60.0 Å². The molecule has 6 nitrogen and oxygen atoms in total. The quantitative estimate of drug-likeness (QED) is 0.497. The molecule has 6 heteroatoms. The lowest BCUT2D eigenvalue weighted by Crippen LogP contribution is -2.42. The smallest absolute Gasteiger partial charge is 0.223 e. The van der Waals surface area contributed by atoms with Crippen molar-refractivity contribution in [1.29, 1.82) is 0 Å². The zero-order valence-corrected chi connectivity index (χ0v) is 19.0. The summed E-state index contributed by atoms with van der Waals surface area (Å²) in [6.45, 7) is 5.48. The summed E-state index contributed by atoms with van der Waals surface area (Å²) < 4.78 is 0. The molecule has 2 atom stereocenters. The minimum Gasteiger partial charge on any atom is -0.371 e. The van der Waals surface area contributed by atoms with Crippen molar-refractivity contribution in [3.63, 3.8) is 0 Å². The van der Waals surface area contributed by atoms with E-state index < -0.39 is 0 Å². The van der Waals surface area contributed by atoms with E-state index >= 15 is 0 Å². The molecule has 2 N–H and O–H groups in total. The van der Waals surface area contributed by atoms with Crippen LogP contribution in [0.25, 0.3) is 0 Å². The lowest BCUT2D eigenvalue weighted by atomic mass is 10.1. The number of hydrogen-bond acceptors (Lipinski definition) is 3. The molecule has 0 aliphatic carbocycles. The van der Waals surface area contributed by atoms with Gasteiger partial charge >= 0.3 is 0 Å². The highest BCUT2D eigenvalue weighted by Crippen LogP contribution is 2.23. The summed E-state index contributed by atoms with van der Waals surface area (Å²) in [5, 5.41) is 6.93. The number of rotatable bonds is 8. The van der Waals surface area contributed by atoms with Crippen molar-refractivity contribution in [3.8, 4) is 0 Å². The monoisotopic (exact) mass is 433 g/mol. The molecule has 2 aliphatic heterocycles. The van der Waals surface area contributed by atoms with Gasteiger partial charge in [0.1, 0.15) is 0 Å². The van der Waals surface area contributed by atoms with Gasteiger partial charge in [0.2, 0.25) is 5.91 Å². The number of nitrogens with one attached hydrogen (secondary N) is 2. The number of likely N-dealkylation sites (tertiary alicyclic amines) is 1. The molecule has 2 heterocycles. The van der Waals surface area contributed by atoms with E-state index in [2.05, 4.69) is 75.1 Å². The summed E-state index contributed by atoms with van der Waals surface area (Å²) in [4.78, 5) is 21.3. The number of guanidine groups is 1. The third-order valence-corrected chi connectivity index (χ3v) is 6.55. The van der Waals surface area contributed by atoms with Crippen LogP contribution in [0, 0.1) is 11.8 Å². The Morgan fingerprint density at radius 3 is 2.38 bits per heavy atom. The van der Waals surface area contributed by atoms with Crippen molar-refractivity contribution in [3.05, 3.63) is 66.2 Å². The van der Waals surface area contributed by atoms with Crippen LogP contribution in [-0.4, -0.2) is 63.1 Å². The van der Waals surface area contributed by atoms with Gasteiger partial charge in [-0.1, -0.05) is 48.5 Å². The van der Waals surface area contributed by atoms with Gasteiger partial charge in [-0.3, -0.25) is 9.79 Å². The van der Waals surface area contributed by atoms with Crippen molar-refractivity contribution >= 4 is 17.6 Å². The molecule has 4 rings (SSSR count). The van der Waals surface area contributed by atoms with Crippen LogP contribution in [0.5, 0.6) is 0 Å². The Bertz CT molecular complexity index is 886. The molecule has 0 bridgehead atoms. The maximum atomic E-state index is 12.4.